The maximum Gasteiger partial charge on any atom is 0.273 e. The maximum absolute atomic E-state index is 5.97. The number of rotatable bonds is 12. The van der Waals surface area contributed by atoms with Crippen molar-refractivity contribution in [1.29, 1.82) is 0 Å². The topological polar surface area (TPSA) is 654 Å². The molecule has 39 nitrogen and oxygen atoms in total. The Balaban J connectivity index is 1.65. The molecule has 0 saturated heterocycles. The number of hydrogen-bond donors (Lipinski definition) is 18. The predicted molar refractivity (Wildman–Crippen MR) is 222 cm³/mol. The van der Waals surface area contributed by atoms with Gasteiger partial charge in [0.15, 0.2) is 0 Å². The van der Waals surface area contributed by atoms with Crippen LogP contribution in [0.25, 0.3) is 0 Å². The van der Waals surface area contributed by atoms with Crippen LogP contribution in [0, 0.1) is 0 Å². The molecule has 1 aliphatic rings. The van der Waals surface area contributed by atoms with E-state index in [0.29, 0.717) is 0 Å². The zero-order valence-electron chi connectivity index (χ0n) is 29.7. The number of nitrogens with two attached hydrogens (primary N) is 12. The number of nitrogen functional groups attached to an aromatic ring is 12. The molecular formula is C18H30N39P3. The van der Waals surface area contributed by atoms with Gasteiger partial charge >= 0.3 is 0 Å². The van der Waals surface area contributed by atoms with Crippen LogP contribution in [0.4, 0.5) is 107 Å². The Morgan fingerprint density at radius 3 is 0.433 bits per heavy atom. The molecular weight excluding hydrogens is 855 g/mol. The lowest BCUT2D eigenvalue weighted by molar-refractivity contribution is 1.08. The number of aromatic nitrogens is 18. The second-order valence-corrected chi connectivity index (χ2v) is 18.1. The second kappa shape index (κ2) is 14.9. The molecule has 0 saturated carbocycles. The van der Waals surface area contributed by atoms with Crippen LogP contribution in [0.1, 0.15) is 0 Å². The number of nitrogens with zero attached hydrogens (tertiary/aromatic N) is 21. The quantitative estimate of drug-likeness (QED) is 0.0533. The molecule has 0 aliphatic carbocycles. The molecule has 60 heavy (non-hydrogen) atoms. The molecule has 0 radical (unpaired) electrons. The Labute approximate surface area is 332 Å². The van der Waals surface area contributed by atoms with Crippen LogP contribution in [0.15, 0.2) is 13.5 Å². The van der Waals surface area contributed by atoms with Gasteiger partial charge in [0.25, 0.3) is 22.5 Å². The lowest BCUT2D eigenvalue weighted by Gasteiger charge is -2.36. The molecule has 6 aromatic rings. The van der Waals surface area contributed by atoms with Crippen molar-refractivity contribution in [2.45, 2.75) is 0 Å². The fourth-order valence-electron chi connectivity index (χ4n) is 4.56. The van der Waals surface area contributed by atoms with E-state index < -0.39 is 22.5 Å². The maximum atomic E-state index is 5.97. The molecule has 42 heteroatoms. The standard InChI is InChI=1S/C18H30N39P3/c19-1-31-2(20)38-13(37-1)49-58(50-14-39-3(21)32-4(22)40-14)55-59(51-15-41-5(23)33-6(24)42-15,52-16-43-7(25)34-8(26)44-16)57-60(56-58,53-17-45-9(27)35-10(28)46-17)54-18-47-11(29)36-12(30)48-18/h(H5,19,20,31,37,38,49)(H5,21,22,32,39,40,50)(H5,23,24,33,41,42,51)(H5,25,26,34,43,44,52)(H5,27,28,35,45,46,53)(H5,29,30,36,47,48,54). The average Bonchev–Trinajstić information content (AvgIpc) is 3.04. The highest BCUT2D eigenvalue weighted by Gasteiger charge is 2.42. The molecule has 0 amide bonds. The van der Waals surface area contributed by atoms with Gasteiger partial charge in [-0.05, 0) is 0 Å². The van der Waals surface area contributed by atoms with E-state index in [2.05, 4.69) is 120 Å². The van der Waals surface area contributed by atoms with Crippen LogP contribution in [-0.4, -0.2) is 89.7 Å². The Hall–Kier alpha value is -8.85. The van der Waals surface area contributed by atoms with Gasteiger partial charge in [-0.3, -0.25) is 30.5 Å². The summed E-state index contributed by atoms with van der Waals surface area (Å²) in [6, 6.07) is 0. The van der Waals surface area contributed by atoms with Crippen molar-refractivity contribution in [3.63, 3.8) is 0 Å². The summed E-state index contributed by atoms with van der Waals surface area (Å²) < 4.78 is 15.2. The lowest BCUT2D eigenvalue weighted by Crippen LogP contribution is -2.21. The Morgan fingerprint density at radius 2 is 0.317 bits per heavy atom. The molecule has 0 aromatic carbocycles. The van der Waals surface area contributed by atoms with Crippen LogP contribution >= 0.6 is 22.5 Å². The van der Waals surface area contributed by atoms with E-state index in [-0.39, 0.29) is 107 Å². The smallest absolute Gasteiger partial charge is 0.273 e. The van der Waals surface area contributed by atoms with E-state index >= 15 is 0 Å². The molecule has 0 bridgehead atoms. The third-order valence-electron chi connectivity index (χ3n) is 6.33. The van der Waals surface area contributed by atoms with E-state index in [1.807, 2.05) is 0 Å². The highest BCUT2D eigenvalue weighted by atomic mass is 31.3. The van der Waals surface area contributed by atoms with Crippen LogP contribution in [0.3, 0.4) is 0 Å². The van der Waals surface area contributed by atoms with Gasteiger partial charge in [-0.15, -0.1) is 0 Å². The van der Waals surface area contributed by atoms with E-state index in [1.54, 1.807) is 0 Å². The van der Waals surface area contributed by atoms with Gasteiger partial charge in [0.1, 0.15) is 0 Å². The zero-order chi connectivity index (χ0) is 43.0. The summed E-state index contributed by atoms with van der Waals surface area (Å²) in [4.78, 5) is 72.8. The summed E-state index contributed by atoms with van der Waals surface area (Å²) >= 11 is 0. The fraction of sp³-hybridized carbons (Fsp3) is 0. The van der Waals surface area contributed by atoms with Crippen LogP contribution < -0.4 is 99.3 Å². The molecule has 6 aromatic heterocycles. The van der Waals surface area contributed by atoms with E-state index in [0.717, 1.165) is 0 Å². The number of nitrogens with one attached hydrogen (secondary N) is 6. The highest BCUT2D eigenvalue weighted by molar-refractivity contribution is 7.89. The summed E-state index contributed by atoms with van der Waals surface area (Å²) in [5, 5.41) is 18.0. The van der Waals surface area contributed by atoms with Gasteiger partial charge in [-0.25, -0.2) is 0 Å². The SMILES string of the molecule is Nc1nc(N)nc(NP2(Nc3nc(N)nc(N)n3)=NP(Nc3nc(N)nc(N)n3)(Nc3nc(N)nc(N)n3)=NP(Nc3nc(N)nc(N)n3)(Nc3nc(N)nc(N)n3)=N2)n1. The normalized spacial score (nSPS) is 14.6. The van der Waals surface area contributed by atoms with Gasteiger partial charge in [0.2, 0.25) is 107 Å². The van der Waals surface area contributed by atoms with Gasteiger partial charge in [0, 0.05) is 0 Å². The van der Waals surface area contributed by atoms with Gasteiger partial charge in [0.05, 0.1) is 0 Å². The van der Waals surface area contributed by atoms with E-state index in [4.69, 9.17) is 82.4 Å². The van der Waals surface area contributed by atoms with Crippen molar-refractivity contribution in [3.05, 3.63) is 0 Å². The minimum absolute atomic E-state index is 0.340. The molecule has 30 N–H and O–H groups in total. The Morgan fingerprint density at radius 1 is 0.200 bits per heavy atom. The molecule has 312 valence electrons. The average molecular weight is 886 g/mol. The van der Waals surface area contributed by atoms with Crippen molar-refractivity contribution in [1.82, 2.24) is 89.7 Å². The largest absolute Gasteiger partial charge is 0.368 e. The van der Waals surface area contributed by atoms with Crippen molar-refractivity contribution in [3.8, 4) is 0 Å². The summed E-state index contributed by atoms with van der Waals surface area (Å²) in [7, 11) is -13.1. The Bertz CT molecular complexity index is 2210. The van der Waals surface area contributed by atoms with Crippen LogP contribution in [0.2, 0.25) is 0 Å². The van der Waals surface area contributed by atoms with Crippen molar-refractivity contribution >= 4 is 130 Å². The summed E-state index contributed by atoms with van der Waals surface area (Å²) in [5.41, 5.74) is 71.7. The van der Waals surface area contributed by atoms with Crippen LogP contribution in [-0.2, 0) is 0 Å². The number of hydrogen-bond acceptors (Lipinski definition) is 39. The third-order valence-corrected chi connectivity index (χ3v) is 15.6. The van der Waals surface area contributed by atoms with E-state index in [9.17, 15) is 0 Å². The molecule has 7 heterocycles. The summed E-state index contributed by atoms with van der Waals surface area (Å²) in [6.07, 6.45) is 0. The molecule has 1 aliphatic heterocycles. The highest BCUT2D eigenvalue weighted by Crippen LogP contribution is 2.76. The molecule has 0 atom stereocenters. The molecule has 0 unspecified atom stereocenters. The third kappa shape index (κ3) is 9.22. The minimum atomic E-state index is -4.36. The van der Waals surface area contributed by atoms with Crippen molar-refractivity contribution in [2.75, 3.05) is 99.3 Å². The lowest BCUT2D eigenvalue weighted by atomic mass is 10.8. The summed E-state index contributed by atoms with van der Waals surface area (Å²) in [6.45, 7) is 0. The van der Waals surface area contributed by atoms with Crippen molar-refractivity contribution < 1.29 is 0 Å². The predicted octanol–water partition coefficient (Wildman–Crippen LogP) is -3.39. The first-order chi connectivity index (χ1) is 28.3. The van der Waals surface area contributed by atoms with Gasteiger partial charge < -0.3 is 68.8 Å². The first-order valence-corrected chi connectivity index (χ1v) is 20.6. The van der Waals surface area contributed by atoms with Gasteiger partial charge in [-0.2, -0.15) is 103 Å². The molecule has 7 rings (SSSR count). The Kier molecular flexibility index (Phi) is 9.79. The second-order valence-electron chi connectivity index (χ2n) is 11.0. The first kappa shape index (κ1) is 39.4. The first-order valence-electron chi connectivity index (χ1n) is 15.6. The van der Waals surface area contributed by atoms with E-state index in [1.165, 1.54) is 0 Å². The van der Waals surface area contributed by atoms with Crippen molar-refractivity contribution in [2.24, 2.45) is 13.5 Å². The van der Waals surface area contributed by atoms with Crippen LogP contribution in [0.5, 0.6) is 0 Å². The monoisotopic (exact) mass is 885 g/mol. The minimum Gasteiger partial charge on any atom is -0.368 e. The van der Waals surface area contributed by atoms with Gasteiger partial charge in [-0.1, -0.05) is 0 Å². The zero-order valence-corrected chi connectivity index (χ0v) is 32.3. The molecule has 0 fully saturated rings. The summed E-state index contributed by atoms with van der Waals surface area (Å²) in [5.74, 6) is -6.13. The fourth-order valence-corrected chi connectivity index (χ4v) is 15.0. The number of anilines is 18. The molecule has 0 spiro atoms.